The van der Waals surface area contributed by atoms with Crippen LogP contribution in [0.1, 0.15) is 10.4 Å². The van der Waals surface area contributed by atoms with Crippen LogP contribution in [0.25, 0.3) is 5.69 Å². The number of rotatable bonds is 3. The van der Waals surface area contributed by atoms with Crippen molar-refractivity contribution in [2.45, 2.75) is 0 Å². The molecule has 1 heterocycles. The van der Waals surface area contributed by atoms with Crippen molar-refractivity contribution in [1.29, 1.82) is 0 Å². The summed E-state index contributed by atoms with van der Waals surface area (Å²) in [6.07, 6.45) is 1.15. The van der Waals surface area contributed by atoms with Crippen molar-refractivity contribution in [3.63, 3.8) is 0 Å². The van der Waals surface area contributed by atoms with Crippen LogP contribution in [0.3, 0.4) is 0 Å². The van der Waals surface area contributed by atoms with Gasteiger partial charge in [0.2, 0.25) is 11.9 Å². The second-order valence-corrected chi connectivity index (χ2v) is 3.31. The Morgan fingerprint density at radius 1 is 1.50 bits per heavy atom. The molecule has 0 spiro atoms. The molecule has 0 aliphatic rings. The molecule has 0 bridgehead atoms. The van der Waals surface area contributed by atoms with Crippen molar-refractivity contribution in [2.75, 3.05) is 5.88 Å². The van der Waals surface area contributed by atoms with Gasteiger partial charge in [-0.1, -0.05) is 12.1 Å². The average molecular weight is 239 g/mol. The summed E-state index contributed by atoms with van der Waals surface area (Å²) in [6.45, 7) is 0. The van der Waals surface area contributed by atoms with Gasteiger partial charge in [0, 0.05) is 6.07 Å². The molecule has 1 aromatic heterocycles. The van der Waals surface area contributed by atoms with Gasteiger partial charge in [-0.3, -0.25) is 4.79 Å². The fourth-order valence-corrected chi connectivity index (χ4v) is 1.47. The summed E-state index contributed by atoms with van der Waals surface area (Å²) in [5.41, 5.74) is 0.870. The Bertz CT molecular complexity index is 524. The van der Waals surface area contributed by atoms with Gasteiger partial charge in [-0.05, 0) is 10.7 Å². The molecule has 0 atom stereocenters. The number of ketones is 1. The predicted octanol–water partition coefficient (Wildman–Crippen LogP) is 0.446. The molecular weight excluding hydrogens is 232 g/mol. The van der Waals surface area contributed by atoms with Crippen molar-refractivity contribution >= 4 is 17.4 Å². The molecular formula is C10H7ClN2O3. The Labute approximate surface area is 95.8 Å². The van der Waals surface area contributed by atoms with Gasteiger partial charge in [0.1, 0.15) is 5.95 Å². The van der Waals surface area contributed by atoms with Crippen LogP contribution < -0.4 is 9.79 Å². The molecule has 5 nitrogen and oxygen atoms in total. The molecule has 2 aromatic rings. The van der Waals surface area contributed by atoms with Gasteiger partial charge < -0.3 is 9.63 Å². The highest BCUT2D eigenvalue weighted by atomic mass is 35.5. The third kappa shape index (κ3) is 1.90. The maximum atomic E-state index is 11.5. The van der Waals surface area contributed by atoms with Gasteiger partial charge in [-0.25, -0.2) is 0 Å². The Balaban J connectivity index is 2.52. The third-order valence-electron chi connectivity index (χ3n) is 2.02. The van der Waals surface area contributed by atoms with Gasteiger partial charge in [-0.15, -0.1) is 11.6 Å². The van der Waals surface area contributed by atoms with Crippen LogP contribution in [0.5, 0.6) is 5.95 Å². The van der Waals surface area contributed by atoms with Crippen molar-refractivity contribution in [3.05, 3.63) is 36.0 Å². The van der Waals surface area contributed by atoms with Gasteiger partial charge in [0.05, 0.1) is 16.7 Å². The molecule has 0 fully saturated rings. The highest BCUT2D eigenvalue weighted by molar-refractivity contribution is 6.30. The summed E-state index contributed by atoms with van der Waals surface area (Å²) in [4.78, 5) is 11.5. The van der Waals surface area contributed by atoms with Crippen molar-refractivity contribution < 1.29 is 19.1 Å². The second kappa shape index (κ2) is 4.32. The zero-order chi connectivity index (χ0) is 11.5. The molecule has 6 heteroatoms. The highest BCUT2D eigenvalue weighted by Gasteiger charge is 2.19. The normalized spacial score (nSPS) is 10.3. The number of para-hydroxylation sites is 1. The number of hydrogen-bond donors (Lipinski definition) is 0. The summed E-state index contributed by atoms with van der Waals surface area (Å²) in [6, 6.07) is 6.71. The first-order valence-corrected chi connectivity index (χ1v) is 5.00. The standard InChI is InChI=1S/C10H7ClN2O3/c11-5-9(14)7-3-1-2-4-8(7)13-6-10(15)16-12-13/h1-4,6H,5H2. The van der Waals surface area contributed by atoms with E-state index in [0.717, 1.165) is 6.20 Å². The lowest BCUT2D eigenvalue weighted by atomic mass is 10.1. The predicted molar refractivity (Wildman–Crippen MR) is 52.5 cm³/mol. The summed E-state index contributed by atoms with van der Waals surface area (Å²) in [5, 5.41) is 14.4. The molecule has 0 N–H and O–H groups in total. The minimum Gasteiger partial charge on any atom is -0.539 e. The maximum Gasteiger partial charge on any atom is 0.250 e. The van der Waals surface area contributed by atoms with Crippen LogP contribution in [-0.4, -0.2) is 16.9 Å². The number of halogens is 1. The fraction of sp³-hybridized carbons (Fsp3) is 0.100. The molecule has 1 aromatic carbocycles. The van der Waals surface area contributed by atoms with E-state index in [-0.39, 0.29) is 11.7 Å². The van der Waals surface area contributed by atoms with E-state index in [4.69, 9.17) is 11.6 Å². The van der Waals surface area contributed by atoms with Crippen LogP contribution in [-0.2, 0) is 0 Å². The molecule has 0 unspecified atom stereocenters. The van der Waals surface area contributed by atoms with E-state index in [1.165, 1.54) is 4.68 Å². The van der Waals surface area contributed by atoms with E-state index in [9.17, 15) is 9.90 Å². The molecule has 0 saturated carbocycles. The van der Waals surface area contributed by atoms with Gasteiger partial charge >= 0.3 is 0 Å². The van der Waals surface area contributed by atoms with Crippen LogP contribution in [0.2, 0.25) is 0 Å². The molecule has 0 amide bonds. The van der Waals surface area contributed by atoms with Gasteiger partial charge in [0.25, 0.3) is 0 Å². The lowest BCUT2D eigenvalue weighted by Crippen LogP contribution is -2.33. The Morgan fingerprint density at radius 3 is 2.88 bits per heavy atom. The van der Waals surface area contributed by atoms with Crippen LogP contribution >= 0.6 is 11.6 Å². The van der Waals surface area contributed by atoms with E-state index in [1.54, 1.807) is 24.3 Å². The Kier molecular flexibility index (Phi) is 2.87. The maximum absolute atomic E-state index is 11.5. The van der Waals surface area contributed by atoms with E-state index >= 15 is 0 Å². The smallest absolute Gasteiger partial charge is 0.250 e. The van der Waals surface area contributed by atoms with Crippen LogP contribution in [0.15, 0.2) is 35.0 Å². The average Bonchev–Trinajstić information content (AvgIpc) is 2.75. The molecule has 0 saturated heterocycles. The third-order valence-corrected chi connectivity index (χ3v) is 2.26. The zero-order valence-electron chi connectivity index (χ0n) is 8.09. The quantitative estimate of drug-likeness (QED) is 0.442. The van der Waals surface area contributed by atoms with Crippen molar-refractivity contribution in [1.82, 2.24) is 5.27 Å². The molecule has 0 aliphatic heterocycles. The highest BCUT2D eigenvalue weighted by Crippen LogP contribution is 2.10. The minimum absolute atomic E-state index is 0.125. The van der Waals surface area contributed by atoms with E-state index in [2.05, 4.69) is 9.79 Å². The molecule has 2 rings (SSSR count). The Morgan fingerprint density at radius 2 is 2.25 bits per heavy atom. The lowest BCUT2D eigenvalue weighted by Gasteiger charge is -1.97. The van der Waals surface area contributed by atoms with E-state index in [0.29, 0.717) is 11.3 Å². The number of Topliss-reactive ketones (excluding diaryl/α,β-unsaturated/α-hetero) is 1. The number of carbonyl (C=O) groups is 1. The summed E-state index contributed by atoms with van der Waals surface area (Å²) >= 11 is 5.49. The number of nitrogens with zero attached hydrogens (tertiary/aromatic N) is 2. The molecule has 82 valence electrons. The SMILES string of the molecule is O=C(CCl)c1ccccc1-[n+]1cc([O-])on1. The number of carbonyl (C=O) groups excluding carboxylic acids is 1. The number of aromatic nitrogens is 2. The zero-order valence-corrected chi connectivity index (χ0v) is 8.85. The van der Waals surface area contributed by atoms with Crippen molar-refractivity contribution in [3.8, 4) is 11.6 Å². The van der Waals surface area contributed by atoms with Gasteiger partial charge in [-0.2, -0.15) is 0 Å². The largest absolute Gasteiger partial charge is 0.539 e. The molecule has 16 heavy (non-hydrogen) atoms. The first kappa shape index (κ1) is 10.6. The molecule has 0 aliphatic carbocycles. The second-order valence-electron chi connectivity index (χ2n) is 3.04. The summed E-state index contributed by atoms with van der Waals surface area (Å²) < 4.78 is 5.61. The number of hydrogen-bond acceptors (Lipinski definition) is 4. The summed E-state index contributed by atoms with van der Waals surface area (Å²) in [7, 11) is 0. The first-order valence-electron chi connectivity index (χ1n) is 4.46. The van der Waals surface area contributed by atoms with E-state index < -0.39 is 5.95 Å². The molecule has 0 radical (unpaired) electrons. The van der Waals surface area contributed by atoms with Crippen molar-refractivity contribution in [2.24, 2.45) is 0 Å². The topological polar surface area (TPSA) is 70.0 Å². The first-order chi connectivity index (χ1) is 7.72. The lowest BCUT2D eigenvalue weighted by molar-refractivity contribution is -0.670. The summed E-state index contributed by atoms with van der Waals surface area (Å²) in [5.74, 6) is -0.937. The van der Waals surface area contributed by atoms with E-state index in [1.807, 2.05) is 0 Å². The fourth-order valence-electron chi connectivity index (χ4n) is 1.33. The Hall–Kier alpha value is -1.88. The van der Waals surface area contributed by atoms with Crippen LogP contribution in [0, 0.1) is 0 Å². The number of benzene rings is 1. The van der Waals surface area contributed by atoms with Gasteiger partial charge in [0.15, 0.2) is 5.78 Å². The minimum atomic E-state index is -0.576. The number of alkyl halides is 1. The van der Waals surface area contributed by atoms with Crippen LogP contribution in [0.4, 0.5) is 0 Å². The monoisotopic (exact) mass is 238 g/mol.